The van der Waals surface area contributed by atoms with Gasteiger partial charge in [-0.15, -0.1) is 24.0 Å². The van der Waals surface area contributed by atoms with Crippen LogP contribution in [0.4, 0.5) is 0 Å². The number of ether oxygens (including phenoxy) is 1. The van der Waals surface area contributed by atoms with Gasteiger partial charge in [0.15, 0.2) is 5.96 Å². The maximum absolute atomic E-state index is 5.07. The number of thioether (sulfide) groups is 1. The smallest absolute Gasteiger partial charge is 0.212 e. The summed E-state index contributed by atoms with van der Waals surface area (Å²) >= 11 is 2.05. The third kappa shape index (κ3) is 6.74. The number of pyridine rings is 1. The number of aliphatic imine (C=N–C) groups is 1. The second-order valence-electron chi connectivity index (χ2n) is 5.66. The van der Waals surface area contributed by atoms with Gasteiger partial charge >= 0.3 is 0 Å². The van der Waals surface area contributed by atoms with Crippen LogP contribution in [0.25, 0.3) is 0 Å². The minimum atomic E-state index is 0. The Labute approximate surface area is 160 Å². The normalized spacial score (nSPS) is 20.7. The first kappa shape index (κ1) is 20.3. The van der Waals surface area contributed by atoms with Crippen LogP contribution in [-0.4, -0.2) is 41.6 Å². The largest absolute Gasteiger partial charge is 0.481 e. The molecule has 1 aromatic heterocycles. The molecular weight excluding hydrogens is 423 g/mol. The van der Waals surface area contributed by atoms with Crippen molar-refractivity contribution in [2.24, 2.45) is 4.99 Å². The van der Waals surface area contributed by atoms with Crippen LogP contribution in [0, 0.1) is 0 Å². The zero-order valence-electron chi connectivity index (χ0n) is 14.1. The van der Waals surface area contributed by atoms with Gasteiger partial charge in [0.25, 0.3) is 0 Å². The van der Waals surface area contributed by atoms with E-state index in [1.807, 2.05) is 12.1 Å². The van der Waals surface area contributed by atoms with Crippen LogP contribution in [0.1, 0.15) is 32.3 Å². The number of methoxy groups -OCH3 is 1. The Morgan fingerprint density at radius 2 is 2.26 bits per heavy atom. The molecule has 0 aromatic carbocycles. The van der Waals surface area contributed by atoms with Crippen molar-refractivity contribution in [2.75, 3.05) is 26.0 Å². The molecule has 0 radical (unpaired) electrons. The molecule has 2 N–H and O–H groups in total. The number of hydrogen-bond donors (Lipinski definition) is 2. The van der Waals surface area contributed by atoms with E-state index in [2.05, 4.69) is 46.2 Å². The van der Waals surface area contributed by atoms with Gasteiger partial charge in [-0.1, -0.05) is 6.07 Å². The fourth-order valence-corrected chi connectivity index (χ4v) is 3.63. The van der Waals surface area contributed by atoms with Crippen LogP contribution in [0.3, 0.4) is 0 Å². The van der Waals surface area contributed by atoms with Crippen molar-refractivity contribution in [2.45, 2.75) is 38.0 Å². The number of rotatable bonds is 6. The molecule has 23 heavy (non-hydrogen) atoms. The number of nitrogens with zero attached hydrogens (tertiary/aromatic N) is 2. The highest BCUT2D eigenvalue weighted by atomic mass is 127. The molecule has 0 bridgehead atoms. The standard InChI is InChI=1S/C16H26N4OS.HI/c1-4-17-15(20-12-16(2)8-5-9-22-16)19-11-13-6-7-14(21-3)18-10-13;/h6-7,10H,4-5,8-9,11-12H2,1-3H3,(H2,17,19,20);1H. The molecule has 1 aliphatic heterocycles. The van der Waals surface area contributed by atoms with Crippen LogP contribution in [0.15, 0.2) is 23.3 Å². The van der Waals surface area contributed by atoms with E-state index in [9.17, 15) is 0 Å². The molecule has 0 amide bonds. The Bertz CT molecular complexity index is 489. The van der Waals surface area contributed by atoms with Crippen molar-refractivity contribution in [1.29, 1.82) is 0 Å². The highest BCUT2D eigenvalue weighted by Gasteiger charge is 2.29. The topological polar surface area (TPSA) is 58.5 Å². The Morgan fingerprint density at radius 1 is 1.43 bits per heavy atom. The van der Waals surface area contributed by atoms with Crippen molar-refractivity contribution < 1.29 is 4.74 Å². The van der Waals surface area contributed by atoms with Crippen molar-refractivity contribution >= 4 is 41.7 Å². The van der Waals surface area contributed by atoms with E-state index < -0.39 is 0 Å². The van der Waals surface area contributed by atoms with E-state index in [0.29, 0.717) is 17.2 Å². The molecule has 1 fully saturated rings. The molecule has 0 saturated carbocycles. The SMILES string of the molecule is CCNC(=NCc1ccc(OC)nc1)NCC1(C)CCCS1.I. The lowest BCUT2D eigenvalue weighted by atomic mass is 10.1. The van der Waals surface area contributed by atoms with Crippen LogP contribution < -0.4 is 15.4 Å². The van der Waals surface area contributed by atoms with Crippen LogP contribution in [0.5, 0.6) is 5.88 Å². The number of guanidine groups is 1. The van der Waals surface area contributed by atoms with Crippen LogP contribution in [0.2, 0.25) is 0 Å². The second-order valence-corrected chi connectivity index (χ2v) is 7.34. The predicted octanol–water partition coefficient (Wildman–Crippen LogP) is 3.05. The summed E-state index contributed by atoms with van der Waals surface area (Å²) in [5, 5.41) is 6.77. The van der Waals surface area contributed by atoms with Gasteiger partial charge in [0, 0.05) is 30.1 Å². The summed E-state index contributed by atoms with van der Waals surface area (Å²) in [6.45, 7) is 6.82. The third-order valence-corrected chi connectivity index (χ3v) is 5.24. The zero-order valence-corrected chi connectivity index (χ0v) is 17.2. The minimum Gasteiger partial charge on any atom is -0.481 e. The summed E-state index contributed by atoms with van der Waals surface area (Å²) in [6.07, 6.45) is 4.39. The molecule has 1 saturated heterocycles. The molecule has 2 rings (SSSR count). The Morgan fingerprint density at radius 3 is 2.83 bits per heavy atom. The molecule has 1 atom stereocenters. The molecule has 1 unspecified atom stereocenters. The number of hydrogen-bond acceptors (Lipinski definition) is 4. The zero-order chi connectivity index (χ0) is 15.8. The van der Waals surface area contributed by atoms with Crippen LogP contribution in [-0.2, 0) is 6.54 Å². The molecule has 130 valence electrons. The number of aromatic nitrogens is 1. The van der Waals surface area contributed by atoms with Crippen molar-refractivity contribution in [3.05, 3.63) is 23.9 Å². The fraction of sp³-hybridized carbons (Fsp3) is 0.625. The quantitative estimate of drug-likeness (QED) is 0.397. The van der Waals surface area contributed by atoms with Gasteiger partial charge < -0.3 is 15.4 Å². The van der Waals surface area contributed by atoms with Crippen LogP contribution >= 0.6 is 35.7 Å². The molecule has 0 aliphatic carbocycles. The summed E-state index contributed by atoms with van der Waals surface area (Å²) in [7, 11) is 1.62. The van der Waals surface area contributed by atoms with Gasteiger partial charge in [-0.3, -0.25) is 0 Å². The average Bonchev–Trinajstić information content (AvgIpc) is 2.98. The van der Waals surface area contributed by atoms with Gasteiger partial charge in [-0.05, 0) is 38.0 Å². The summed E-state index contributed by atoms with van der Waals surface area (Å²) in [5.41, 5.74) is 1.07. The first-order chi connectivity index (χ1) is 10.6. The average molecular weight is 450 g/mol. The van der Waals surface area contributed by atoms with Crippen molar-refractivity contribution in [3.8, 4) is 5.88 Å². The lowest BCUT2D eigenvalue weighted by Crippen LogP contribution is -2.43. The highest BCUT2D eigenvalue weighted by molar-refractivity contribution is 14.0. The Hall–Kier alpha value is -0.700. The van der Waals surface area contributed by atoms with E-state index in [4.69, 9.17) is 4.74 Å². The molecule has 5 nitrogen and oxygen atoms in total. The Balaban J connectivity index is 0.00000264. The summed E-state index contributed by atoms with van der Waals surface area (Å²) in [5.74, 6) is 2.76. The monoisotopic (exact) mass is 450 g/mol. The van der Waals surface area contributed by atoms with E-state index >= 15 is 0 Å². The lowest BCUT2D eigenvalue weighted by Gasteiger charge is -2.24. The maximum Gasteiger partial charge on any atom is 0.212 e. The fourth-order valence-electron chi connectivity index (χ4n) is 2.38. The molecule has 2 heterocycles. The van der Waals surface area contributed by atoms with Gasteiger partial charge in [0.2, 0.25) is 5.88 Å². The number of nitrogens with one attached hydrogen (secondary N) is 2. The summed E-state index contributed by atoms with van der Waals surface area (Å²) < 4.78 is 5.40. The van der Waals surface area contributed by atoms with Gasteiger partial charge in [0.05, 0.1) is 13.7 Å². The first-order valence-electron chi connectivity index (χ1n) is 7.80. The molecule has 1 aliphatic rings. The van der Waals surface area contributed by atoms with E-state index in [1.165, 1.54) is 18.6 Å². The molecule has 7 heteroatoms. The van der Waals surface area contributed by atoms with E-state index in [-0.39, 0.29) is 24.0 Å². The Kier molecular flexibility index (Phi) is 9.04. The molecular formula is C16H27IN4OS. The lowest BCUT2D eigenvalue weighted by molar-refractivity contribution is 0.397. The number of halogens is 1. The first-order valence-corrected chi connectivity index (χ1v) is 8.79. The molecule has 0 spiro atoms. The maximum atomic E-state index is 5.07. The van der Waals surface area contributed by atoms with Gasteiger partial charge in [-0.2, -0.15) is 11.8 Å². The van der Waals surface area contributed by atoms with Crippen molar-refractivity contribution in [1.82, 2.24) is 15.6 Å². The van der Waals surface area contributed by atoms with E-state index in [0.717, 1.165) is 24.6 Å². The second kappa shape index (κ2) is 10.2. The van der Waals surface area contributed by atoms with Crippen molar-refractivity contribution in [3.63, 3.8) is 0 Å². The van der Waals surface area contributed by atoms with Gasteiger partial charge in [0.1, 0.15) is 0 Å². The predicted molar refractivity (Wildman–Crippen MR) is 109 cm³/mol. The summed E-state index contributed by atoms with van der Waals surface area (Å²) in [6, 6.07) is 3.86. The van der Waals surface area contributed by atoms with E-state index in [1.54, 1.807) is 13.3 Å². The summed E-state index contributed by atoms with van der Waals surface area (Å²) in [4.78, 5) is 8.84. The molecule has 1 aromatic rings. The third-order valence-electron chi connectivity index (χ3n) is 3.70. The minimum absolute atomic E-state index is 0. The van der Waals surface area contributed by atoms with Gasteiger partial charge in [-0.25, -0.2) is 9.98 Å². The highest BCUT2D eigenvalue weighted by Crippen LogP contribution is 2.36.